The molecular weight excluding hydrogens is 212 g/mol. The number of carbonyl (C=O) groups excluding carboxylic acids is 3. The molecule has 0 aromatic carbocycles. The third kappa shape index (κ3) is 2.95. The average molecular weight is 228 g/mol. The van der Waals surface area contributed by atoms with Gasteiger partial charge in [0.15, 0.2) is 0 Å². The molecule has 0 atom stereocenters. The maximum Gasteiger partial charge on any atom is 0.396 e. The molecule has 0 aromatic rings. The van der Waals surface area contributed by atoms with E-state index in [1.807, 2.05) is 0 Å². The summed E-state index contributed by atoms with van der Waals surface area (Å²) in [6.07, 6.45) is 3.59. The third-order valence-electron chi connectivity index (χ3n) is 2.71. The van der Waals surface area contributed by atoms with Crippen LogP contribution in [0.25, 0.3) is 0 Å². The Morgan fingerprint density at radius 3 is 2.31 bits per heavy atom. The second-order valence-electron chi connectivity index (χ2n) is 3.83. The number of primary amides is 1. The Morgan fingerprint density at radius 2 is 1.88 bits per heavy atom. The second kappa shape index (κ2) is 5.48. The van der Waals surface area contributed by atoms with E-state index >= 15 is 0 Å². The van der Waals surface area contributed by atoms with Gasteiger partial charge in [-0.2, -0.15) is 0 Å². The number of methoxy groups -OCH3 is 1. The maximum atomic E-state index is 11.6. The van der Waals surface area contributed by atoms with Gasteiger partial charge in [0.2, 0.25) is 5.91 Å². The number of rotatable bonds is 3. The first-order valence-corrected chi connectivity index (χ1v) is 5.23. The van der Waals surface area contributed by atoms with E-state index in [2.05, 4.69) is 4.74 Å². The van der Waals surface area contributed by atoms with Gasteiger partial charge >= 0.3 is 11.9 Å². The monoisotopic (exact) mass is 228 g/mol. The quantitative estimate of drug-likeness (QED) is 0.516. The van der Waals surface area contributed by atoms with Gasteiger partial charge in [-0.25, -0.2) is 4.79 Å². The van der Waals surface area contributed by atoms with Crippen molar-refractivity contribution in [2.75, 3.05) is 13.7 Å². The summed E-state index contributed by atoms with van der Waals surface area (Å²) in [5, 5.41) is 0. The molecular formula is C10H16N2O4. The Bertz CT molecular complexity index is 297. The van der Waals surface area contributed by atoms with E-state index in [4.69, 9.17) is 5.73 Å². The summed E-state index contributed by atoms with van der Waals surface area (Å²) in [6.45, 7) is -0.224. The van der Waals surface area contributed by atoms with Crippen LogP contribution < -0.4 is 5.73 Å². The maximum absolute atomic E-state index is 11.6. The fraction of sp³-hybridized carbons (Fsp3) is 0.700. The van der Waals surface area contributed by atoms with Crippen LogP contribution in [0.4, 0.5) is 0 Å². The molecule has 1 aliphatic rings. The predicted molar refractivity (Wildman–Crippen MR) is 55.2 cm³/mol. The fourth-order valence-corrected chi connectivity index (χ4v) is 1.96. The number of nitrogens with zero attached hydrogens (tertiary/aromatic N) is 1. The zero-order chi connectivity index (χ0) is 12.1. The van der Waals surface area contributed by atoms with Gasteiger partial charge in [0.25, 0.3) is 0 Å². The van der Waals surface area contributed by atoms with Gasteiger partial charge in [0.05, 0.1) is 7.11 Å². The summed E-state index contributed by atoms with van der Waals surface area (Å²) < 4.78 is 4.35. The van der Waals surface area contributed by atoms with Crippen LogP contribution in [-0.2, 0) is 19.1 Å². The molecule has 6 heteroatoms. The van der Waals surface area contributed by atoms with E-state index in [1.165, 1.54) is 4.90 Å². The van der Waals surface area contributed by atoms with Crippen LogP contribution in [0, 0.1) is 0 Å². The Balaban J connectivity index is 2.73. The highest BCUT2D eigenvalue weighted by molar-refractivity contribution is 6.32. The first-order chi connectivity index (χ1) is 7.56. The van der Waals surface area contributed by atoms with Gasteiger partial charge in [-0.1, -0.05) is 12.8 Å². The molecule has 0 aliphatic heterocycles. The zero-order valence-corrected chi connectivity index (χ0v) is 9.27. The van der Waals surface area contributed by atoms with Crippen molar-refractivity contribution in [1.29, 1.82) is 0 Å². The number of hydrogen-bond donors (Lipinski definition) is 1. The largest absolute Gasteiger partial charge is 0.462 e. The lowest BCUT2D eigenvalue weighted by Gasteiger charge is -2.26. The topological polar surface area (TPSA) is 89.7 Å². The Hall–Kier alpha value is -1.59. The highest BCUT2D eigenvalue weighted by atomic mass is 16.5. The van der Waals surface area contributed by atoms with E-state index in [0.29, 0.717) is 0 Å². The Morgan fingerprint density at radius 1 is 1.31 bits per heavy atom. The molecule has 0 saturated heterocycles. The highest BCUT2D eigenvalue weighted by Crippen LogP contribution is 2.23. The van der Waals surface area contributed by atoms with Gasteiger partial charge in [0, 0.05) is 6.04 Å². The number of hydrogen-bond acceptors (Lipinski definition) is 4. The third-order valence-corrected chi connectivity index (χ3v) is 2.71. The minimum atomic E-state index is -0.951. The molecule has 2 N–H and O–H groups in total. The lowest BCUT2D eigenvalue weighted by molar-refractivity contribution is -0.159. The molecule has 1 rings (SSSR count). The highest BCUT2D eigenvalue weighted by Gasteiger charge is 2.31. The van der Waals surface area contributed by atoms with Crippen LogP contribution >= 0.6 is 0 Å². The van der Waals surface area contributed by atoms with E-state index in [9.17, 15) is 14.4 Å². The second-order valence-corrected chi connectivity index (χ2v) is 3.83. The number of nitrogens with two attached hydrogens (primary N) is 1. The average Bonchev–Trinajstić information content (AvgIpc) is 2.76. The fourth-order valence-electron chi connectivity index (χ4n) is 1.96. The van der Waals surface area contributed by atoms with Crippen LogP contribution in [0.5, 0.6) is 0 Å². The zero-order valence-electron chi connectivity index (χ0n) is 9.27. The van der Waals surface area contributed by atoms with Crippen LogP contribution in [0.2, 0.25) is 0 Å². The molecule has 1 aliphatic carbocycles. The van der Waals surface area contributed by atoms with E-state index < -0.39 is 17.8 Å². The van der Waals surface area contributed by atoms with Gasteiger partial charge < -0.3 is 15.4 Å². The molecule has 1 saturated carbocycles. The molecule has 0 aromatic heterocycles. The van der Waals surface area contributed by atoms with Crippen LogP contribution in [0.1, 0.15) is 25.7 Å². The Labute approximate surface area is 93.7 Å². The summed E-state index contributed by atoms with van der Waals surface area (Å²) in [5.74, 6) is -2.36. The molecule has 0 unspecified atom stereocenters. The summed E-state index contributed by atoms with van der Waals surface area (Å²) in [6, 6.07) is -0.0703. The molecule has 0 radical (unpaired) electrons. The molecule has 2 amide bonds. The van der Waals surface area contributed by atoms with E-state index in [0.717, 1.165) is 32.8 Å². The molecule has 16 heavy (non-hydrogen) atoms. The summed E-state index contributed by atoms with van der Waals surface area (Å²) in [7, 11) is 1.14. The van der Waals surface area contributed by atoms with E-state index in [-0.39, 0.29) is 12.6 Å². The number of carbonyl (C=O) groups is 3. The van der Waals surface area contributed by atoms with Crippen molar-refractivity contribution in [2.45, 2.75) is 31.7 Å². The molecule has 90 valence electrons. The number of esters is 1. The standard InChI is InChI=1S/C10H16N2O4/c1-16-10(15)9(14)12(6-8(11)13)7-4-2-3-5-7/h7H,2-6H2,1H3,(H2,11,13). The number of ether oxygens (including phenoxy) is 1. The van der Waals surface area contributed by atoms with Crippen LogP contribution in [0.3, 0.4) is 0 Å². The lowest BCUT2D eigenvalue weighted by atomic mass is 10.2. The molecule has 0 heterocycles. The smallest absolute Gasteiger partial charge is 0.396 e. The normalized spacial score (nSPS) is 15.8. The molecule has 0 spiro atoms. The van der Waals surface area contributed by atoms with Gasteiger partial charge in [-0.15, -0.1) is 0 Å². The van der Waals surface area contributed by atoms with Crippen molar-refractivity contribution in [3.05, 3.63) is 0 Å². The van der Waals surface area contributed by atoms with E-state index in [1.54, 1.807) is 0 Å². The van der Waals surface area contributed by atoms with Crippen LogP contribution in [-0.4, -0.2) is 42.4 Å². The van der Waals surface area contributed by atoms with Gasteiger partial charge in [-0.3, -0.25) is 9.59 Å². The minimum Gasteiger partial charge on any atom is -0.462 e. The summed E-state index contributed by atoms with van der Waals surface area (Å²) in [5.41, 5.74) is 5.06. The SMILES string of the molecule is COC(=O)C(=O)N(CC(N)=O)C1CCCC1. The predicted octanol–water partition coefficient (Wildman–Crippen LogP) is -0.584. The van der Waals surface area contributed by atoms with Crippen molar-refractivity contribution >= 4 is 17.8 Å². The molecule has 6 nitrogen and oxygen atoms in total. The van der Waals surface area contributed by atoms with Crippen molar-refractivity contribution in [3.63, 3.8) is 0 Å². The summed E-state index contributed by atoms with van der Waals surface area (Å²) in [4.78, 5) is 34.8. The van der Waals surface area contributed by atoms with Crippen molar-refractivity contribution in [2.24, 2.45) is 5.73 Å². The van der Waals surface area contributed by atoms with Crippen LogP contribution in [0.15, 0.2) is 0 Å². The summed E-state index contributed by atoms with van der Waals surface area (Å²) >= 11 is 0. The molecule has 0 bridgehead atoms. The van der Waals surface area contributed by atoms with Crippen molar-refractivity contribution in [1.82, 2.24) is 4.90 Å². The van der Waals surface area contributed by atoms with Gasteiger partial charge in [-0.05, 0) is 12.8 Å². The van der Waals surface area contributed by atoms with Gasteiger partial charge in [0.1, 0.15) is 6.54 Å². The molecule has 1 fully saturated rings. The minimum absolute atomic E-state index is 0.0703. The van der Waals surface area contributed by atoms with Crippen molar-refractivity contribution < 1.29 is 19.1 Å². The lowest BCUT2D eigenvalue weighted by Crippen LogP contribution is -2.47. The number of amides is 2. The van der Waals surface area contributed by atoms with Crippen molar-refractivity contribution in [3.8, 4) is 0 Å². The first-order valence-electron chi connectivity index (χ1n) is 5.23. The first kappa shape index (κ1) is 12.5. The Kier molecular flexibility index (Phi) is 4.28.